The normalized spacial score (nSPS) is 10.2. The third kappa shape index (κ3) is 5.64. The van der Waals surface area contributed by atoms with Crippen LogP contribution in [0.5, 0.6) is 5.75 Å². The number of hydrogen-bond donors (Lipinski definition) is 2. The fourth-order valence-corrected chi connectivity index (χ4v) is 1.40. The van der Waals surface area contributed by atoms with Crippen LogP contribution in [-0.2, 0) is 4.79 Å². The van der Waals surface area contributed by atoms with Gasteiger partial charge < -0.3 is 15.4 Å². The molecule has 0 aliphatic heterocycles. The standard InChI is InChI=1S/C13H16F2N2O3/c1-2-6-16-11(18)8-17-12(19)9-4-3-5-10(7-9)20-13(14)15/h3-5,7,13H,2,6,8H2,1H3,(H,16,18)(H,17,19). The van der Waals surface area contributed by atoms with Crippen molar-refractivity contribution in [3.8, 4) is 5.75 Å². The zero-order chi connectivity index (χ0) is 15.0. The molecule has 0 aliphatic carbocycles. The Morgan fingerprint density at radius 3 is 2.70 bits per heavy atom. The number of ether oxygens (including phenoxy) is 1. The number of benzene rings is 1. The zero-order valence-corrected chi connectivity index (χ0v) is 11.0. The Balaban J connectivity index is 2.52. The lowest BCUT2D eigenvalue weighted by molar-refractivity contribution is -0.120. The molecule has 2 N–H and O–H groups in total. The fraction of sp³-hybridized carbons (Fsp3) is 0.385. The molecule has 0 atom stereocenters. The average molecular weight is 286 g/mol. The number of carbonyl (C=O) groups is 2. The summed E-state index contributed by atoms with van der Waals surface area (Å²) in [4.78, 5) is 23.0. The molecule has 1 aromatic rings. The molecule has 0 fully saturated rings. The smallest absolute Gasteiger partial charge is 0.387 e. The van der Waals surface area contributed by atoms with Gasteiger partial charge in [0.1, 0.15) is 5.75 Å². The second kappa shape index (κ2) is 8.08. The van der Waals surface area contributed by atoms with Gasteiger partial charge >= 0.3 is 6.61 Å². The molecule has 0 unspecified atom stereocenters. The molecular weight excluding hydrogens is 270 g/mol. The summed E-state index contributed by atoms with van der Waals surface area (Å²) in [5, 5.41) is 4.99. The summed E-state index contributed by atoms with van der Waals surface area (Å²) in [6.07, 6.45) is 0.798. The second-order valence-electron chi connectivity index (χ2n) is 3.94. The minimum atomic E-state index is -2.95. The number of amides is 2. The van der Waals surface area contributed by atoms with E-state index in [1.165, 1.54) is 24.3 Å². The van der Waals surface area contributed by atoms with E-state index in [0.717, 1.165) is 6.42 Å². The number of nitrogens with one attached hydrogen (secondary N) is 2. The summed E-state index contributed by atoms with van der Waals surface area (Å²) in [6.45, 7) is -0.674. The van der Waals surface area contributed by atoms with Gasteiger partial charge in [0, 0.05) is 12.1 Å². The van der Waals surface area contributed by atoms with E-state index in [1.54, 1.807) is 0 Å². The van der Waals surface area contributed by atoms with Crippen LogP contribution in [0.4, 0.5) is 8.78 Å². The molecule has 0 saturated heterocycles. The van der Waals surface area contributed by atoms with E-state index in [0.29, 0.717) is 6.54 Å². The number of hydrogen-bond acceptors (Lipinski definition) is 3. The highest BCUT2D eigenvalue weighted by Gasteiger charge is 2.10. The SMILES string of the molecule is CCCNC(=O)CNC(=O)c1cccc(OC(F)F)c1. The van der Waals surface area contributed by atoms with Crippen LogP contribution in [0.2, 0.25) is 0 Å². The quantitative estimate of drug-likeness (QED) is 0.799. The molecular formula is C13H16F2N2O3. The Bertz CT molecular complexity index is 467. The van der Waals surface area contributed by atoms with E-state index >= 15 is 0 Å². The van der Waals surface area contributed by atoms with Crippen molar-refractivity contribution in [2.24, 2.45) is 0 Å². The van der Waals surface area contributed by atoms with Gasteiger partial charge in [0.05, 0.1) is 6.54 Å². The van der Waals surface area contributed by atoms with E-state index in [9.17, 15) is 18.4 Å². The Hall–Kier alpha value is -2.18. The average Bonchev–Trinajstić information content (AvgIpc) is 2.42. The van der Waals surface area contributed by atoms with Gasteiger partial charge in [-0.3, -0.25) is 9.59 Å². The third-order valence-electron chi connectivity index (χ3n) is 2.30. The number of halogens is 2. The molecule has 0 heterocycles. The summed E-state index contributed by atoms with van der Waals surface area (Å²) in [6, 6.07) is 5.36. The second-order valence-corrected chi connectivity index (χ2v) is 3.94. The Morgan fingerprint density at radius 2 is 2.05 bits per heavy atom. The molecule has 0 spiro atoms. The van der Waals surface area contributed by atoms with E-state index in [1.807, 2.05) is 6.92 Å². The number of rotatable bonds is 7. The van der Waals surface area contributed by atoms with Gasteiger partial charge in [-0.05, 0) is 24.6 Å². The largest absolute Gasteiger partial charge is 0.435 e. The Labute approximate surface area is 115 Å². The highest BCUT2D eigenvalue weighted by Crippen LogP contribution is 2.15. The van der Waals surface area contributed by atoms with Crippen LogP contribution in [0.15, 0.2) is 24.3 Å². The summed E-state index contributed by atoms with van der Waals surface area (Å²) in [5.41, 5.74) is 0.145. The van der Waals surface area contributed by atoms with Crippen molar-refractivity contribution in [1.29, 1.82) is 0 Å². The van der Waals surface area contributed by atoms with E-state index in [2.05, 4.69) is 15.4 Å². The maximum atomic E-state index is 12.0. The minimum absolute atomic E-state index is 0.108. The molecule has 7 heteroatoms. The van der Waals surface area contributed by atoms with E-state index in [-0.39, 0.29) is 23.8 Å². The van der Waals surface area contributed by atoms with Crippen molar-refractivity contribution in [1.82, 2.24) is 10.6 Å². The van der Waals surface area contributed by atoms with Gasteiger partial charge in [-0.25, -0.2) is 0 Å². The third-order valence-corrected chi connectivity index (χ3v) is 2.30. The van der Waals surface area contributed by atoms with E-state index in [4.69, 9.17) is 0 Å². The van der Waals surface area contributed by atoms with Crippen molar-refractivity contribution >= 4 is 11.8 Å². The predicted octanol–water partition coefficient (Wildman–Crippen LogP) is 1.54. The number of carbonyl (C=O) groups excluding carboxylic acids is 2. The molecule has 0 bridgehead atoms. The van der Waals surface area contributed by atoms with Crippen LogP contribution >= 0.6 is 0 Å². The first kappa shape index (κ1) is 15.9. The van der Waals surface area contributed by atoms with Crippen LogP contribution in [-0.4, -0.2) is 31.5 Å². The fourth-order valence-electron chi connectivity index (χ4n) is 1.40. The van der Waals surface area contributed by atoms with Crippen molar-refractivity contribution in [3.63, 3.8) is 0 Å². The summed E-state index contributed by atoms with van der Waals surface area (Å²) in [5.74, 6) is -0.945. The highest BCUT2D eigenvalue weighted by molar-refractivity contribution is 5.96. The molecule has 0 aromatic heterocycles. The van der Waals surface area contributed by atoms with Crippen molar-refractivity contribution in [2.75, 3.05) is 13.1 Å². The molecule has 0 saturated carbocycles. The molecule has 1 aromatic carbocycles. The van der Waals surface area contributed by atoms with Gasteiger partial charge in [0.15, 0.2) is 0 Å². The molecule has 0 aliphatic rings. The van der Waals surface area contributed by atoms with Crippen LogP contribution in [0, 0.1) is 0 Å². The maximum Gasteiger partial charge on any atom is 0.387 e. The molecule has 1 rings (SSSR count). The molecule has 110 valence electrons. The lowest BCUT2D eigenvalue weighted by Crippen LogP contribution is -2.37. The molecule has 20 heavy (non-hydrogen) atoms. The van der Waals surface area contributed by atoms with Crippen LogP contribution in [0.1, 0.15) is 23.7 Å². The van der Waals surface area contributed by atoms with E-state index < -0.39 is 12.5 Å². The van der Waals surface area contributed by atoms with Crippen LogP contribution in [0.3, 0.4) is 0 Å². The van der Waals surface area contributed by atoms with Gasteiger partial charge in [0.2, 0.25) is 5.91 Å². The van der Waals surface area contributed by atoms with Crippen molar-refractivity contribution in [2.45, 2.75) is 20.0 Å². The lowest BCUT2D eigenvalue weighted by Gasteiger charge is -2.08. The van der Waals surface area contributed by atoms with Gasteiger partial charge in [0.25, 0.3) is 5.91 Å². The van der Waals surface area contributed by atoms with Crippen molar-refractivity contribution < 1.29 is 23.1 Å². The number of alkyl halides is 2. The Kier molecular flexibility index (Phi) is 6.42. The molecule has 2 amide bonds. The van der Waals surface area contributed by atoms with Crippen molar-refractivity contribution in [3.05, 3.63) is 29.8 Å². The van der Waals surface area contributed by atoms with Crippen LogP contribution in [0.25, 0.3) is 0 Å². The Morgan fingerprint density at radius 1 is 1.30 bits per heavy atom. The summed E-state index contributed by atoms with van der Waals surface area (Å²) >= 11 is 0. The highest BCUT2D eigenvalue weighted by atomic mass is 19.3. The topological polar surface area (TPSA) is 67.4 Å². The monoisotopic (exact) mass is 286 g/mol. The van der Waals surface area contributed by atoms with Gasteiger partial charge in [-0.1, -0.05) is 13.0 Å². The zero-order valence-electron chi connectivity index (χ0n) is 11.0. The minimum Gasteiger partial charge on any atom is -0.435 e. The summed E-state index contributed by atoms with van der Waals surface area (Å²) in [7, 11) is 0. The van der Waals surface area contributed by atoms with Crippen LogP contribution < -0.4 is 15.4 Å². The van der Waals surface area contributed by atoms with Gasteiger partial charge in [-0.15, -0.1) is 0 Å². The molecule has 0 radical (unpaired) electrons. The first-order valence-electron chi connectivity index (χ1n) is 6.12. The first-order chi connectivity index (χ1) is 9.52. The maximum absolute atomic E-state index is 12.0. The lowest BCUT2D eigenvalue weighted by atomic mass is 10.2. The predicted molar refractivity (Wildman–Crippen MR) is 68.7 cm³/mol. The molecule has 5 nitrogen and oxygen atoms in total. The first-order valence-corrected chi connectivity index (χ1v) is 6.12. The van der Waals surface area contributed by atoms with Gasteiger partial charge in [-0.2, -0.15) is 8.78 Å². The summed E-state index contributed by atoms with van der Waals surface area (Å²) < 4.78 is 28.3.